The predicted molar refractivity (Wildman–Crippen MR) is 82.6 cm³/mol. The van der Waals surface area contributed by atoms with Gasteiger partial charge in [0.25, 0.3) is 5.91 Å². The number of hydrogen-bond donors (Lipinski definition) is 1. The third-order valence-electron chi connectivity index (χ3n) is 3.58. The minimum atomic E-state index is -0.262. The van der Waals surface area contributed by atoms with Crippen LogP contribution in [0.2, 0.25) is 0 Å². The lowest BCUT2D eigenvalue weighted by Crippen LogP contribution is -2.33. The van der Waals surface area contributed by atoms with Crippen LogP contribution in [0.25, 0.3) is 0 Å². The summed E-state index contributed by atoms with van der Waals surface area (Å²) in [4.78, 5) is 12.5. The summed E-state index contributed by atoms with van der Waals surface area (Å²) in [6.45, 7) is 4.47. The fourth-order valence-corrected chi connectivity index (χ4v) is 2.31. The molecule has 7 nitrogen and oxygen atoms in total. The highest BCUT2D eigenvalue weighted by Gasteiger charge is 2.21. The van der Waals surface area contributed by atoms with E-state index in [4.69, 9.17) is 4.74 Å². The van der Waals surface area contributed by atoms with E-state index in [0.29, 0.717) is 12.3 Å². The molecular formula is C15H23N5O2. The van der Waals surface area contributed by atoms with Gasteiger partial charge in [-0.3, -0.25) is 14.2 Å². The van der Waals surface area contributed by atoms with Crippen LogP contribution >= 0.6 is 0 Å². The number of carbonyl (C=O) groups is 1. The Balaban J connectivity index is 2.20. The number of aryl methyl sites for hydroxylation is 2. The van der Waals surface area contributed by atoms with Crippen molar-refractivity contribution in [3.05, 3.63) is 35.4 Å². The summed E-state index contributed by atoms with van der Waals surface area (Å²) in [5, 5.41) is 11.5. The Morgan fingerprint density at radius 1 is 1.36 bits per heavy atom. The Morgan fingerprint density at radius 2 is 2.09 bits per heavy atom. The zero-order chi connectivity index (χ0) is 16.3. The van der Waals surface area contributed by atoms with Crippen LogP contribution in [0.3, 0.4) is 0 Å². The molecule has 0 spiro atoms. The van der Waals surface area contributed by atoms with Gasteiger partial charge >= 0.3 is 0 Å². The summed E-state index contributed by atoms with van der Waals surface area (Å²) in [6, 6.07) is 3.43. The highest BCUT2D eigenvalue weighted by Crippen LogP contribution is 2.16. The number of hydrogen-bond acceptors (Lipinski definition) is 4. The minimum Gasteiger partial charge on any atom is -0.382 e. The van der Waals surface area contributed by atoms with Crippen molar-refractivity contribution in [2.24, 2.45) is 14.1 Å². The van der Waals surface area contributed by atoms with Crippen molar-refractivity contribution in [1.82, 2.24) is 24.9 Å². The van der Waals surface area contributed by atoms with Gasteiger partial charge in [-0.05, 0) is 18.1 Å². The van der Waals surface area contributed by atoms with Gasteiger partial charge in [0.05, 0.1) is 24.0 Å². The molecule has 2 rings (SSSR count). The van der Waals surface area contributed by atoms with E-state index in [1.165, 1.54) is 0 Å². The topological polar surface area (TPSA) is 74.0 Å². The average molecular weight is 305 g/mol. The summed E-state index contributed by atoms with van der Waals surface area (Å²) in [7, 11) is 5.22. The fraction of sp³-hybridized carbons (Fsp3) is 0.533. The van der Waals surface area contributed by atoms with Crippen molar-refractivity contribution in [3.8, 4) is 0 Å². The average Bonchev–Trinajstić information content (AvgIpc) is 3.04. The van der Waals surface area contributed by atoms with Crippen molar-refractivity contribution < 1.29 is 9.53 Å². The van der Waals surface area contributed by atoms with E-state index in [9.17, 15) is 4.79 Å². The third-order valence-corrected chi connectivity index (χ3v) is 3.58. The van der Waals surface area contributed by atoms with E-state index in [0.717, 1.165) is 11.4 Å². The van der Waals surface area contributed by atoms with Crippen LogP contribution < -0.4 is 5.32 Å². The van der Waals surface area contributed by atoms with Gasteiger partial charge in [0.15, 0.2) is 0 Å². The number of nitrogens with zero attached hydrogens (tertiary/aromatic N) is 4. The van der Waals surface area contributed by atoms with Crippen LogP contribution in [0, 0.1) is 0 Å². The monoisotopic (exact) mass is 305 g/mol. The number of methoxy groups -OCH3 is 1. The maximum Gasteiger partial charge on any atom is 0.270 e. The second-order valence-corrected chi connectivity index (χ2v) is 5.59. The molecule has 120 valence electrons. The molecule has 1 unspecified atom stereocenters. The number of rotatable bonds is 6. The van der Waals surface area contributed by atoms with Crippen molar-refractivity contribution in [3.63, 3.8) is 0 Å². The molecule has 1 amide bonds. The second kappa shape index (κ2) is 6.74. The predicted octanol–water partition coefficient (Wildman–Crippen LogP) is 1.39. The van der Waals surface area contributed by atoms with Gasteiger partial charge in [0.1, 0.15) is 5.69 Å². The number of ether oxygens (including phenoxy) is 1. The molecule has 0 aliphatic rings. The Kier molecular flexibility index (Phi) is 4.97. The lowest BCUT2D eigenvalue weighted by atomic mass is 10.1. The van der Waals surface area contributed by atoms with E-state index in [-0.39, 0.29) is 17.9 Å². The smallest absolute Gasteiger partial charge is 0.270 e. The zero-order valence-corrected chi connectivity index (χ0v) is 13.7. The van der Waals surface area contributed by atoms with E-state index in [1.807, 2.05) is 33.0 Å². The van der Waals surface area contributed by atoms with Gasteiger partial charge in [0, 0.05) is 27.4 Å². The molecule has 0 radical (unpaired) electrons. The first-order valence-corrected chi connectivity index (χ1v) is 7.25. The Bertz CT molecular complexity index is 644. The van der Waals surface area contributed by atoms with Crippen LogP contribution in [-0.4, -0.2) is 39.2 Å². The second-order valence-electron chi connectivity index (χ2n) is 5.59. The normalized spacial score (nSPS) is 12.6. The largest absolute Gasteiger partial charge is 0.382 e. The standard InChI is InChI=1S/C15H23N5O2/c1-10(2)11-8-14(20(4)18-11)15(21)17-12(9-22-5)13-6-7-16-19(13)3/h6-8,10,12H,9H2,1-5H3,(H,17,21). The van der Waals surface area contributed by atoms with Gasteiger partial charge in [-0.15, -0.1) is 0 Å². The van der Waals surface area contributed by atoms with Gasteiger partial charge in [-0.1, -0.05) is 13.8 Å². The summed E-state index contributed by atoms with van der Waals surface area (Å²) in [5.74, 6) is 0.102. The molecule has 22 heavy (non-hydrogen) atoms. The number of nitrogens with one attached hydrogen (secondary N) is 1. The summed E-state index contributed by atoms with van der Waals surface area (Å²) in [6.07, 6.45) is 1.70. The van der Waals surface area contributed by atoms with Gasteiger partial charge < -0.3 is 10.1 Å². The van der Waals surface area contributed by atoms with Gasteiger partial charge in [-0.25, -0.2) is 0 Å². The quantitative estimate of drug-likeness (QED) is 0.875. The molecular weight excluding hydrogens is 282 g/mol. The maximum absolute atomic E-state index is 12.5. The van der Waals surface area contributed by atoms with E-state index >= 15 is 0 Å². The molecule has 0 saturated heterocycles. The van der Waals surface area contributed by atoms with Crippen molar-refractivity contribution in [2.75, 3.05) is 13.7 Å². The number of aromatic nitrogens is 4. The van der Waals surface area contributed by atoms with E-state index in [2.05, 4.69) is 15.5 Å². The van der Waals surface area contributed by atoms with Crippen LogP contribution in [0.1, 0.15) is 47.7 Å². The van der Waals surface area contributed by atoms with Crippen LogP contribution in [0.4, 0.5) is 0 Å². The zero-order valence-electron chi connectivity index (χ0n) is 13.7. The third kappa shape index (κ3) is 3.36. The first-order chi connectivity index (χ1) is 10.4. The molecule has 0 aromatic carbocycles. The Labute approximate surface area is 130 Å². The molecule has 1 atom stereocenters. The lowest BCUT2D eigenvalue weighted by Gasteiger charge is -2.18. The van der Waals surface area contributed by atoms with Crippen LogP contribution in [0.15, 0.2) is 18.3 Å². The van der Waals surface area contributed by atoms with Crippen molar-refractivity contribution in [2.45, 2.75) is 25.8 Å². The number of amides is 1. The summed E-state index contributed by atoms with van der Waals surface area (Å²) in [5.41, 5.74) is 2.32. The molecule has 0 aliphatic carbocycles. The lowest BCUT2D eigenvalue weighted by molar-refractivity contribution is 0.0883. The van der Waals surface area contributed by atoms with Gasteiger partial charge in [-0.2, -0.15) is 10.2 Å². The molecule has 0 bridgehead atoms. The van der Waals surface area contributed by atoms with Crippen LogP contribution in [0.5, 0.6) is 0 Å². The van der Waals surface area contributed by atoms with Crippen molar-refractivity contribution >= 4 is 5.91 Å². The molecule has 1 N–H and O–H groups in total. The molecule has 0 saturated carbocycles. The number of carbonyl (C=O) groups excluding carboxylic acids is 1. The highest BCUT2D eigenvalue weighted by atomic mass is 16.5. The Hall–Kier alpha value is -2.15. The summed E-state index contributed by atoms with van der Waals surface area (Å²) < 4.78 is 8.55. The summed E-state index contributed by atoms with van der Waals surface area (Å²) >= 11 is 0. The fourth-order valence-electron chi connectivity index (χ4n) is 2.31. The Morgan fingerprint density at radius 3 is 2.59 bits per heavy atom. The molecule has 0 aliphatic heterocycles. The minimum absolute atomic E-state index is 0.176. The maximum atomic E-state index is 12.5. The van der Waals surface area contributed by atoms with E-state index in [1.54, 1.807) is 29.7 Å². The molecule has 0 fully saturated rings. The molecule has 7 heteroatoms. The molecule has 2 aromatic rings. The van der Waals surface area contributed by atoms with Crippen LogP contribution in [-0.2, 0) is 18.8 Å². The first-order valence-electron chi connectivity index (χ1n) is 7.25. The van der Waals surface area contributed by atoms with E-state index < -0.39 is 0 Å². The first kappa shape index (κ1) is 16.2. The highest BCUT2D eigenvalue weighted by molar-refractivity contribution is 5.93. The van der Waals surface area contributed by atoms with Gasteiger partial charge in [0.2, 0.25) is 0 Å². The molecule has 2 heterocycles. The molecule has 2 aromatic heterocycles. The SMILES string of the molecule is COCC(NC(=O)c1cc(C(C)C)nn1C)c1ccnn1C. The van der Waals surface area contributed by atoms with Crippen molar-refractivity contribution in [1.29, 1.82) is 0 Å².